The fourth-order valence-corrected chi connectivity index (χ4v) is 2.12. The molecule has 1 rings (SSSR count). The van der Waals surface area contributed by atoms with Crippen LogP contribution >= 0.6 is 0 Å². The monoisotopic (exact) mass is 226 g/mol. The molecule has 4 heteroatoms. The van der Waals surface area contributed by atoms with Crippen molar-refractivity contribution in [2.45, 2.75) is 39.2 Å². The van der Waals surface area contributed by atoms with E-state index in [0.29, 0.717) is 0 Å². The molecule has 0 aliphatic carbocycles. The minimum absolute atomic E-state index is 0.623. The van der Waals surface area contributed by atoms with Crippen molar-refractivity contribution < 1.29 is 19.1 Å². The largest absolute Gasteiger partial charge is 0.479 e. The zero-order valence-electron chi connectivity index (χ0n) is 10.3. The van der Waals surface area contributed by atoms with Crippen molar-refractivity contribution >= 4 is 5.97 Å². The van der Waals surface area contributed by atoms with Crippen LogP contribution in [0.2, 0.25) is 0 Å². The summed E-state index contributed by atoms with van der Waals surface area (Å²) >= 11 is 0. The molecule has 90 valence electrons. The highest BCUT2D eigenvalue weighted by Crippen LogP contribution is 2.33. The zero-order valence-corrected chi connectivity index (χ0v) is 10.3. The number of aliphatic carboxylic acids is 1. The van der Waals surface area contributed by atoms with Gasteiger partial charge in [-0.25, -0.2) is 4.79 Å². The molecule has 1 aromatic heterocycles. The van der Waals surface area contributed by atoms with E-state index in [0.717, 1.165) is 17.1 Å². The highest BCUT2D eigenvalue weighted by Gasteiger charge is 2.39. The predicted molar refractivity (Wildman–Crippen MR) is 59.6 cm³/mol. The average molecular weight is 226 g/mol. The van der Waals surface area contributed by atoms with Crippen LogP contribution < -0.4 is 0 Å². The second-order valence-electron chi connectivity index (χ2n) is 4.50. The van der Waals surface area contributed by atoms with Crippen LogP contribution in [-0.4, -0.2) is 24.3 Å². The maximum absolute atomic E-state index is 11.1. The molecule has 0 fully saturated rings. The third-order valence-corrected chi connectivity index (χ3v) is 2.85. The summed E-state index contributed by atoms with van der Waals surface area (Å²) in [6.07, 6.45) is -0.886. The van der Waals surface area contributed by atoms with Gasteiger partial charge in [-0.15, -0.1) is 0 Å². The van der Waals surface area contributed by atoms with Crippen LogP contribution in [0.1, 0.15) is 30.9 Å². The van der Waals surface area contributed by atoms with Crippen LogP contribution in [0.5, 0.6) is 0 Å². The van der Waals surface area contributed by atoms with Crippen LogP contribution in [0.15, 0.2) is 10.5 Å². The van der Waals surface area contributed by atoms with E-state index in [2.05, 4.69) is 0 Å². The Balaban J connectivity index is 3.18. The van der Waals surface area contributed by atoms with Gasteiger partial charge in [0.05, 0.1) is 0 Å². The average Bonchev–Trinajstić information content (AvgIpc) is 2.45. The van der Waals surface area contributed by atoms with E-state index in [1.54, 1.807) is 0 Å². The Labute approximate surface area is 95.2 Å². The Morgan fingerprint density at radius 1 is 1.50 bits per heavy atom. The van der Waals surface area contributed by atoms with Crippen molar-refractivity contribution in [2.75, 3.05) is 7.11 Å². The van der Waals surface area contributed by atoms with E-state index >= 15 is 0 Å². The molecule has 0 aliphatic rings. The topological polar surface area (TPSA) is 59.7 Å². The van der Waals surface area contributed by atoms with Crippen molar-refractivity contribution in [1.82, 2.24) is 0 Å². The highest BCUT2D eigenvalue weighted by atomic mass is 16.5. The summed E-state index contributed by atoms with van der Waals surface area (Å²) in [6, 6.07) is 1.87. The standard InChI is InChI=1S/C12H18O4/c1-7-6-9(8(2)16-7)12(3,4)10(15-5)11(13)14/h6,10H,1-5H3,(H,13,14). The Morgan fingerprint density at radius 3 is 2.38 bits per heavy atom. The summed E-state index contributed by atoms with van der Waals surface area (Å²) in [5.74, 6) is 0.553. The van der Waals surface area contributed by atoms with E-state index < -0.39 is 17.5 Å². The first kappa shape index (κ1) is 12.8. The molecule has 1 unspecified atom stereocenters. The van der Waals surface area contributed by atoms with Crippen LogP contribution in [0, 0.1) is 13.8 Å². The lowest BCUT2D eigenvalue weighted by atomic mass is 9.79. The Morgan fingerprint density at radius 2 is 2.06 bits per heavy atom. The molecular formula is C12H18O4. The van der Waals surface area contributed by atoms with Gasteiger partial charge in [0.25, 0.3) is 0 Å². The lowest BCUT2D eigenvalue weighted by molar-refractivity contribution is -0.152. The molecule has 0 amide bonds. The first-order valence-electron chi connectivity index (χ1n) is 5.13. The van der Waals surface area contributed by atoms with E-state index in [-0.39, 0.29) is 0 Å². The molecule has 0 aromatic carbocycles. The van der Waals surface area contributed by atoms with Crippen LogP contribution in [0.25, 0.3) is 0 Å². The second kappa shape index (κ2) is 4.29. The van der Waals surface area contributed by atoms with Gasteiger partial charge in [-0.1, -0.05) is 13.8 Å². The minimum atomic E-state index is -0.967. The summed E-state index contributed by atoms with van der Waals surface area (Å²) in [4.78, 5) is 11.1. The van der Waals surface area contributed by atoms with E-state index in [1.165, 1.54) is 7.11 Å². The fourth-order valence-electron chi connectivity index (χ4n) is 2.12. The van der Waals surface area contributed by atoms with Gasteiger partial charge in [0, 0.05) is 18.1 Å². The number of carboxylic acids is 1. The maximum Gasteiger partial charge on any atom is 0.333 e. The molecular weight excluding hydrogens is 208 g/mol. The summed E-state index contributed by atoms with van der Waals surface area (Å²) in [7, 11) is 1.41. The van der Waals surface area contributed by atoms with Gasteiger partial charge in [0.1, 0.15) is 11.5 Å². The third kappa shape index (κ3) is 2.11. The van der Waals surface area contributed by atoms with Gasteiger partial charge in [-0.05, 0) is 19.9 Å². The van der Waals surface area contributed by atoms with E-state index in [4.69, 9.17) is 14.3 Å². The molecule has 1 N–H and O–H groups in total. The van der Waals surface area contributed by atoms with Gasteiger partial charge in [-0.3, -0.25) is 0 Å². The molecule has 1 heterocycles. The first-order chi connectivity index (χ1) is 7.30. The molecule has 0 spiro atoms. The van der Waals surface area contributed by atoms with Crippen molar-refractivity contribution in [2.24, 2.45) is 0 Å². The molecule has 0 saturated carbocycles. The van der Waals surface area contributed by atoms with Gasteiger partial charge >= 0.3 is 5.97 Å². The lowest BCUT2D eigenvalue weighted by Gasteiger charge is -2.29. The fraction of sp³-hybridized carbons (Fsp3) is 0.583. The summed E-state index contributed by atoms with van der Waals surface area (Å²) in [5.41, 5.74) is 0.252. The maximum atomic E-state index is 11.1. The number of hydrogen-bond acceptors (Lipinski definition) is 3. The van der Waals surface area contributed by atoms with E-state index in [9.17, 15) is 4.79 Å². The van der Waals surface area contributed by atoms with Crippen LogP contribution in [-0.2, 0) is 14.9 Å². The number of carboxylic acid groups (broad SMARTS) is 1. The Kier molecular flexibility index (Phi) is 3.43. The van der Waals surface area contributed by atoms with Gasteiger partial charge < -0.3 is 14.3 Å². The quantitative estimate of drug-likeness (QED) is 0.855. The number of aryl methyl sites for hydroxylation is 2. The molecule has 1 aromatic rings. The first-order valence-corrected chi connectivity index (χ1v) is 5.13. The SMILES string of the molecule is COC(C(=O)O)C(C)(C)c1cc(C)oc1C. The number of methoxy groups -OCH3 is 1. The number of rotatable bonds is 4. The van der Waals surface area contributed by atoms with Crippen molar-refractivity contribution in [3.8, 4) is 0 Å². The molecule has 16 heavy (non-hydrogen) atoms. The smallest absolute Gasteiger partial charge is 0.333 e. The van der Waals surface area contributed by atoms with Crippen LogP contribution in [0.3, 0.4) is 0 Å². The van der Waals surface area contributed by atoms with Gasteiger partial charge in [0.15, 0.2) is 6.10 Å². The molecule has 0 saturated heterocycles. The minimum Gasteiger partial charge on any atom is -0.479 e. The lowest BCUT2D eigenvalue weighted by Crippen LogP contribution is -2.41. The molecule has 0 aliphatic heterocycles. The summed E-state index contributed by atoms with van der Waals surface area (Å²) in [5, 5.41) is 9.11. The molecule has 4 nitrogen and oxygen atoms in total. The molecule has 1 atom stereocenters. The molecule has 0 bridgehead atoms. The van der Waals surface area contributed by atoms with Crippen molar-refractivity contribution in [3.63, 3.8) is 0 Å². The van der Waals surface area contributed by atoms with Crippen molar-refractivity contribution in [3.05, 3.63) is 23.2 Å². The number of ether oxygens (including phenoxy) is 1. The summed E-state index contributed by atoms with van der Waals surface area (Å²) < 4.78 is 10.5. The number of furan rings is 1. The van der Waals surface area contributed by atoms with Gasteiger partial charge in [-0.2, -0.15) is 0 Å². The van der Waals surface area contributed by atoms with Crippen molar-refractivity contribution in [1.29, 1.82) is 0 Å². The third-order valence-electron chi connectivity index (χ3n) is 2.85. The van der Waals surface area contributed by atoms with Crippen LogP contribution in [0.4, 0.5) is 0 Å². The van der Waals surface area contributed by atoms with Gasteiger partial charge in [0.2, 0.25) is 0 Å². The Bertz CT molecular complexity index is 390. The zero-order chi connectivity index (χ0) is 12.5. The number of carbonyl (C=O) groups is 1. The Hall–Kier alpha value is -1.29. The van der Waals surface area contributed by atoms with E-state index in [1.807, 2.05) is 33.8 Å². The molecule has 0 radical (unpaired) electrons. The second-order valence-corrected chi connectivity index (χ2v) is 4.50. The highest BCUT2D eigenvalue weighted by molar-refractivity contribution is 5.74. The predicted octanol–water partition coefficient (Wildman–Crippen LogP) is 2.27. The number of hydrogen-bond donors (Lipinski definition) is 1. The normalized spacial score (nSPS) is 13.8. The summed E-state index contributed by atoms with van der Waals surface area (Å²) in [6.45, 7) is 7.35.